The van der Waals surface area contributed by atoms with Crippen LogP contribution in [0.5, 0.6) is 5.75 Å². The molecule has 0 radical (unpaired) electrons. The van der Waals surface area contributed by atoms with Crippen LogP contribution >= 0.6 is 0 Å². The average Bonchev–Trinajstić information content (AvgIpc) is 2.33. The van der Waals surface area contributed by atoms with E-state index in [2.05, 4.69) is 5.32 Å². The molecule has 1 amide bonds. The summed E-state index contributed by atoms with van der Waals surface area (Å²) in [5.74, 6) is 0.350. The highest BCUT2D eigenvalue weighted by Gasteiger charge is 2.24. The number of rotatable bonds is 2. The summed E-state index contributed by atoms with van der Waals surface area (Å²) in [5, 5.41) is 12.3. The minimum atomic E-state index is 0.0655. The summed E-state index contributed by atoms with van der Waals surface area (Å²) in [5.41, 5.74) is 7.47. The van der Waals surface area contributed by atoms with Crippen LogP contribution in [0.3, 0.4) is 0 Å². The predicted molar refractivity (Wildman–Crippen MR) is 71.4 cm³/mol. The van der Waals surface area contributed by atoms with E-state index in [0.717, 1.165) is 36.9 Å². The van der Waals surface area contributed by atoms with Crippen molar-refractivity contribution < 1.29 is 9.90 Å². The molecule has 0 heterocycles. The highest BCUT2D eigenvalue weighted by Crippen LogP contribution is 2.26. The third kappa shape index (κ3) is 3.01. The minimum Gasteiger partial charge on any atom is -0.508 e. The average molecular weight is 248 g/mol. The van der Waals surface area contributed by atoms with E-state index in [1.54, 1.807) is 18.2 Å². The first-order chi connectivity index (χ1) is 8.56. The second kappa shape index (κ2) is 5.40. The number of phenolic OH excluding ortho intramolecular Hbond substituents is 1. The summed E-state index contributed by atoms with van der Waals surface area (Å²) in [4.78, 5) is 12.1. The van der Waals surface area contributed by atoms with Crippen LogP contribution in [0, 0.1) is 12.8 Å². The standard InChI is InChI=1S/C14H20N2O2/c1-9-8-12(17)6-7-13(9)16-14(18)10-2-4-11(15)5-3-10/h6-8,10-11,17H,2-5,15H2,1H3,(H,16,18). The van der Waals surface area contributed by atoms with Gasteiger partial charge in [0.05, 0.1) is 0 Å². The van der Waals surface area contributed by atoms with Crippen molar-refractivity contribution in [2.45, 2.75) is 38.6 Å². The number of benzene rings is 1. The molecule has 0 bridgehead atoms. The summed E-state index contributed by atoms with van der Waals surface area (Å²) in [6.45, 7) is 1.87. The van der Waals surface area contributed by atoms with Crippen molar-refractivity contribution in [3.63, 3.8) is 0 Å². The van der Waals surface area contributed by atoms with E-state index in [1.807, 2.05) is 6.92 Å². The number of anilines is 1. The molecule has 98 valence electrons. The molecule has 1 fully saturated rings. The predicted octanol–water partition coefficient (Wildman–Crippen LogP) is 2.16. The van der Waals surface area contributed by atoms with Crippen LogP contribution < -0.4 is 11.1 Å². The summed E-state index contributed by atoms with van der Waals surface area (Å²) in [7, 11) is 0. The van der Waals surface area contributed by atoms with Gasteiger partial charge in [-0.05, 0) is 56.4 Å². The highest BCUT2D eigenvalue weighted by molar-refractivity contribution is 5.93. The first-order valence-electron chi connectivity index (χ1n) is 6.42. The van der Waals surface area contributed by atoms with Crippen molar-refractivity contribution in [1.82, 2.24) is 0 Å². The fraction of sp³-hybridized carbons (Fsp3) is 0.500. The minimum absolute atomic E-state index is 0.0655. The Bertz CT molecular complexity index is 437. The smallest absolute Gasteiger partial charge is 0.227 e. The van der Waals surface area contributed by atoms with E-state index in [0.29, 0.717) is 0 Å². The molecule has 4 N–H and O–H groups in total. The number of carbonyl (C=O) groups is 1. The van der Waals surface area contributed by atoms with Crippen LogP contribution in [0.4, 0.5) is 5.69 Å². The first-order valence-corrected chi connectivity index (χ1v) is 6.42. The summed E-state index contributed by atoms with van der Waals surface area (Å²) < 4.78 is 0. The third-order valence-corrected chi connectivity index (χ3v) is 3.61. The maximum atomic E-state index is 12.1. The number of carbonyl (C=O) groups excluding carboxylic acids is 1. The van der Waals surface area contributed by atoms with E-state index in [-0.39, 0.29) is 23.6 Å². The molecule has 2 rings (SSSR count). The SMILES string of the molecule is Cc1cc(O)ccc1NC(=O)C1CCC(N)CC1. The number of nitrogens with one attached hydrogen (secondary N) is 1. The van der Waals surface area contributed by atoms with Gasteiger partial charge in [-0.2, -0.15) is 0 Å². The van der Waals surface area contributed by atoms with Crippen molar-refractivity contribution in [2.24, 2.45) is 11.7 Å². The molecule has 0 unspecified atom stereocenters. The Labute approximate surface area is 107 Å². The monoisotopic (exact) mass is 248 g/mol. The second-order valence-electron chi connectivity index (χ2n) is 5.10. The van der Waals surface area contributed by atoms with Gasteiger partial charge in [0.25, 0.3) is 0 Å². The van der Waals surface area contributed by atoms with E-state index >= 15 is 0 Å². The maximum Gasteiger partial charge on any atom is 0.227 e. The van der Waals surface area contributed by atoms with Crippen molar-refractivity contribution in [2.75, 3.05) is 5.32 Å². The second-order valence-corrected chi connectivity index (χ2v) is 5.10. The van der Waals surface area contributed by atoms with Crippen LogP contribution in [-0.4, -0.2) is 17.1 Å². The molecule has 0 spiro atoms. The number of aromatic hydroxyl groups is 1. The Morgan fingerprint density at radius 2 is 2.00 bits per heavy atom. The molecule has 1 aliphatic carbocycles. The van der Waals surface area contributed by atoms with E-state index in [4.69, 9.17) is 5.73 Å². The third-order valence-electron chi connectivity index (χ3n) is 3.61. The lowest BCUT2D eigenvalue weighted by Crippen LogP contribution is -2.32. The molecule has 0 aromatic heterocycles. The number of nitrogens with two attached hydrogens (primary N) is 1. The molecule has 0 atom stereocenters. The number of phenols is 1. The van der Waals surface area contributed by atoms with E-state index in [1.165, 1.54) is 0 Å². The zero-order chi connectivity index (χ0) is 13.1. The summed E-state index contributed by atoms with van der Waals surface area (Å²) >= 11 is 0. The fourth-order valence-electron chi connectivity index (χ4n) is 2.40. The maximum absolute atomic E-state index is 12.1. The zero-order valence-electron chi connectivity index (χ0n) is 10.6. The van der Waals surface area contributed by atoms with Gasteiger partial charge in [-0.1, -0.05) is 0 Å². The Morgan fingerprint density at radius 3 is 2.61 bits per heavy atom. The summed E-state index contributed by atoms with van der Waals surface area (Å²) in [6, 6.07) is 5.22. The van der Waals surface area contributed by atoms with Gasteiger partial charge in [-0.3, -0.25) is 4.79 Å². The van der Waals surface area contributed by atoms with Crippen molar-refractivity contribution in [1.29, 1.82) is 0 Å². The quantitative estimate of drug-likeness (QED) is 0.702. The van der Waals surface area contributed by atoms with E-state index < -0.39 is 0 Å². The molecule has 1 aromatic carbocycles. The number of aryl methyl sites for hydroxylation is 1. The number of hydrogen-bond donors (Lipinski definition) is 3. The van der Waals surface area contributed by atoms with Gasteiger partial charge in [0.2, 0.25) is 5.91 Å². The molecule has 1 saturated carbocycles. The number of amides is 1. The zero-order valence-corrected chi connectivity index (χ0v) is 10.6. The van der Waals surface area contributed by atoms with Gasteiger partial charge in [-0.15, -0.1) is 0 Å². The molecule has 0 aliphatic heterocycles. The van der Waals surface area contributed by atoms with Gasteiger partial charge < -0.3 is 16.2 Å². The van der Waals surface area contributed by atoms with Crippen LogP contribution in [-0.2, 0) is 4.79 Å². The van der Waals surface area contributed by atoms with Gasteiger partial charge in [0.1, 0.15) is 5.75 Å². The largest absolute Gasteiger partial charge is 0.508 e. The topological polar surface area (TPSA) is 75.3 Å². The van der Waals surface area contributed by atoms with Gasteiger partial charge in [0.15, 0.2) is 0 Å². The Morgan fingerprint density at radius 1 is 1.33 bits per heavy atom. The lowest BCUT2D eigenvalue weighted by Gasteiger charge is -2.25. The van der Waals surface area contributed by atoms with E-state index in [9.17, 15) is 9.90 Å². The molecule has 18 heavy (non-hydrogen) atoms. The summed E-state index contributed by atoms with van der Waals surface area (Å²) in [6.07, 6.45) is 3.58. The highest BCUT2D eigenvalue weighted by atomic mass is 16.3. The van der Waals surface area contributed by atoms with Crippen LogP contribution in [0.2, 0.25) is 0 Å². The number of hydrogen-bond acceptors (Lipinski definition) is 3. The molecular weight excluding hydrogens is 228 g/mol. The van der Waals surface area contributed by atoms with Crippen molar-refractivity contribution in [3.05, 3.63) is 23.8 Å². The van der Waals surface area contributed by atoms with Gasteiger partial charge in [0, 0.05) is 17.6 Å². The Hall–Kier alpha value is -1.55. The van der Waals surface area contributed by atoms with Crippen molar-refractivity contribution >= 4 is 11.6 Å². The lowest BCUT2D eigenvalue weighted by molar-refractivity contribution is -0.120. The Balaban J connectivity index is 1.98. The van der Waals surface area contributed by atoms with Gasteiger partial charge >= 0.3 is 0 Å². The molecular formula is C14H20N2O2. The molecule has 0 saturated heterocycles. The normalized spacial score (nSPS) is 23.7. The van der Waals surface area contributed by atoms with Crippen LogP contribution in [0.15, 0.2) is 18.2 Å². The first kappa shape index (κ1) is 12.9. The lowest BCUT2D eigenvalue weighted by atomic mass is 9.86. The molecule has 4 heteroatoms. The molecule has 1 aliphatic rings. The van der Waals surface area contributed by atoms with Crippen molar-refractivity contribution in [3.8, 4) is 5.75 Å². The van der Waals surface area contributed by atoms with Crippen LogP contribution in [0.25, 0.3) is 0 Å². The molecule has 4 nitrogen and oxygen atoms in total. The van der Waals surface area contributed by atoms with Crippen LogP contribution in [0.1, 0.15) is 31.2 Å². The van der Waals surface area contributed by atoms with Gasteiger partial charge in [-0.25, -0.2) is 0 Å². The Kier molecular flexibility index (Phi) is 3.87. The molecule has 1 aromatic rings. The fourth-order valence-corrected chi connectivity index (χ4v) is 2.40.